The Hall–Kier alpha value is -1.65. The maximum atomic E-state index is 11.5. The number of ether oxygens (including phenoxy) is 1. The lowest BCUT2D eigenvalue weighted by atomic mass is 9.96. The van der Waals surface area contributed by atoms with Crippen molar-refractivity contribution in [3.63, 3.8) is 0 Å². The SMILES string of the molecule is Nc1ncncc1C(=O)OC1CCC1. The van der Waals surface area contributed by atoms with E-state index in [1.54, 1.807) is 0 Å². The highest BCUT2D eigenvalue weighted by atomic mass is 16.5. The van der Waals surface area contributed by atoms with Crippen molar-refractivity contribution in [1.82, 2.24) is 9.97 Å². The molecule has 2 N–H and O–H groups in total. The third-order valence-electron chi connectivity index (χ3n) is 2.29. The number of esters is 1. The minimum absolute atomic E-state index is 0.0575. The molecule has 1 aromatic heterocycles. The van der Waals surface area contributed by atoms with Gasteiger partial charge >= 0.3 is 5.97 Å². The van der Waals surface area contributed by atoms with Crippen molar-refractivity contribution in [3.05, 3.63) is 18.1 Å². The Morgan fingerprint density at radius 3 is 2.93 bits per heavy atom. The number of nitrogen functional groups attached to an aromatic ring is 1. The summed E-state index contributed by atoms with van der Waals surface area (Å²) in [6, 6.07) is 0. The smallest absolute Gasteiger partial charge is 0.343 e. The fourth-order valence-electron chi connectivity index (χ4n) is 1.20. The van der Waals surface area contributed by atoms with Crippen LogP contribution < -0.4 is 5.73 Å². The molecule has 1 aliphatic carbocycles. The number of anilines is 1. The molecule has 14 heavy (non-hydrogen) atoms. The van der Waals surface area contributed by atoms with E-state index in [0.717, 1.165) is 19.3 Å². The second-order valence-electron chi connectivity index (χ2n) is 3.28. The van der Waals surface area contributed by atoms with Crippen molar-refractivity contribution in [3.8, 4) is 0 Å². The lowest BCUT2D eigenvalue weighted by Gasteiger charge is -2.25. The van der Waals surface area contributed by atoms with Crippen molar-refractivity contribution >= 4 is 11.8 Å². The predicted octanol–water partition coefficient (Wildman–Crippen LogP) is 0.768. The van der Waals surface area contributed by atoms with Crippen molar-refractivity contribution < 1.29 is 9.53 Å². The molecule has 1 fully saturated rings. The zero-order valence-corrected chi connectivity index (χ0v) is 7.64. The number of carbonyl (C=O) groups excluding carboxylic acids is 1. The summed E-state index contributed by atoms with van der Waals surface area (Å²) in [4.78, 5) is 18.9. The Balaban J connectivity index is 2.06. The highest BCUT2D eigenvalue weighted by molar-refractivity contribution is 5.93. The zero-order chi connectivity index (χ0) is 9.97. The van der Waals surface area contributed by atoms with Gasteiger partial charge in [-0.1, -0.05) is 0 Å². The average molecular weight is 193 g/mol. The maximum Gasteiger partial charge on any atom is 0.343 e. The van der Waals surface area contributed by atoms with Crippen LogP contribution in [-0.2, 0) is 4.74 Å². The molecule has 2 rings (SSSR count). The van der Waals surface area contributed by atoms with Gasteiger partial charge in [0, 0.05) is 6.20 Å². The molecule has 0 aromatic carbocycles. The summed E-state index contributed by atoms with van der Waals surface area (Å²) in [7, 11) is 0. The van der Waals surface area contributed by atoms with Crippen LogP contribution in [0, 0.1) is 0 Å². The zero-order valence-electron chi connectivity index (χ0n) is 7.64. The molecule has 74 valence electrons. The highest BCUT2D eigenvalue weighted by Crippen LogP contribution is 2.23. The standard InChI is InChI=1S/C9H11N3O2/c10-8-7(4-11-5-12-8)9(13)14-6-2-1-3-6/h4-6H,1-3H2,(H2,10,11,12). The van der Waals surface area contributed by atoms with Crippen LogP contribution in [0.2, 0.25) is 0 Å². The molecule has 1 heterocycles. The van der Waals surface area contributed by atoms with Crippen LogP contribution in [0.15, 0.2) is 12.5 Å². The lowest BCUT2D eigenvalue weighted by Crippen LogP contribution is -2.25. The van der Waals surface area contributed by atoms with Gasteiger partial charge in [0.05, 0.1) is 0 Å². The van der Waals surface area contributed by atoms with E-state index < -0.39 is 5.97 Å². The molecule has 5 nitrogen and oxygen atoms in total. The number of hydrogen-bond donors (Lipinski definition) is 1. The first kappa shape index (κ1) is 8.93. The summed E-state index contributed by atoms with van der Waals surface area (Å²) in [6.07, 6.45) is 5.75. The second kappa shape index (κ2) is 3.61. The number of hydrogen-bond acceptors (Lipinski definition) is 5. The van der Waals surface area contributed by atoms with E-state index in [0.29, 0.717) is 0 Å². The van der Waals surface area contributed by atoms with Gasteiger partial charge in [-0.15, -0.1) is 0 Å². The molecule has 0 spiro atoms. The third kappa shape index (κ3) is 1.66. The quantitative estimate of drug-likeness (QED) is 0.702. The number of rotatable bonds is 2. The molecule has 0 aliphatic heterocycles. The van der Waals surface area contributed by atoms with Crippen LogP contribution in [0.4, 0.5) is 5.82 Å². The monoisotopic (exact) mass is 193 g/mol. The molecule has 0 amide bonds. The van der Waals surface area contributed by atoms with Gasteiger partial charge in [0.1, 0.15) is 23.8 Å². The topological polar surface area (TPSA) is 78.1 Å². The molecule has 0 saturated heterocycles. The van der Waals surface area contributed by atoms with Crippen LogP contribution in [0.25, 0.3) is 0 Å². The third-order valence-corrected chi connectivity index (χ3v) is 2.29. The van der Waals surface area contributed by atoms with Gasteiger partial charge in [-0.2, -0.15) is 0 Å². The Kier molecular flexibility index (Phi) is 2.30. The molecule has 1 aliphatic rings. The van der Waals surface area contributed by atoms with Crippen molar-refractivity contribution in [2.45, 2.75) is 25.4 Å². The lowest BCUT2D eigenvalue weighted by molar-refractivity contribution is 0.00905. The van der Waals surface area contributed by atoms with E-state index in [4.69, 9.17) is 10.5 Å². The summed E-state index contributed by atoms with van der Waals surface area (Å²) in [6.45, 7) is 0. The number of aromatic nitrogens is 2. The molecular formula is C9H11N3O2. The van der Waals surface area contributed by atoms with Crippen molar-refractivity contribution in [2.24, 2.45) is 0 Å². The highest BCUT2D eigenvalue weighted by Gasteiger charge is 2.23. The molecular weight excluding hydrogens is 182 g/mol. The first-order chi connectivity index (χ1) is 6.77. The van der Waals surface area contributed by atoms with Crippen molar-refractivity contribution in [2.75, 3.05) is 5.73 Å². The molecule has 0 radical (unpaired) electrons. The molecule has 1 saturated carbocycles. The van der Waals surface area contributed by atoms with Crippen LogP contribution in [0.3, 0.4) is 0 Å². The van der Waals surface area contributed by atoms with Gasteiger partial charge in [0.25, 0.3) is 0 Å². The number of nitrogens with zero attached hydrogens (tertiary/aromatic N) is 2. The predicted molar refractivity (Wildman–Crippen MR) is 49.5 cm³/mol. The number of carbonyl (C=O) groups is 1. The van der Waals surface area contributed by atoms with Crippen molar-refractivity contribution in [1.29, 1.82) is 0 Å². The van der Waals surface area contributed by atoms with E-state index in [1.807, 2.05) is 0 Å². The van der Waals surface area contributed by atoms with Gasteiger partial charge in [-0.05, 0) is 19.3 Å². The van der Waals surface area contributed by atoms with Crippen LogP contribution in [0.1, 0.15) is 29.6 Å². The van der Waals surface area contributed by atoms with E-state index in [2.05, 4.69) is 9.97 Å². The summed E-state index contributed by atoms with van der Waals surface area (Å²) < 4.78 is 5.15. The molecule has 0 atom stereocenters. The van der Waals surface area contributed by atoms with E-state index >= 15 is 0 Å². The number of nitrogens with two attached hydrogens (primary N) is 1. The summed E-state index contributed by atoms with van der Waals surface area (Å²) >= 11 is 0. The van der Waals surface area contributed by atoms with Gasteiger partial charge in [0.2, 0.25) is 0 Å². The van der Waals surface area contributed by atoms with Crippen LogP contribution in [0.5, 0.6) is 0 Å². The Bertz CT molecular complexity index is 350. The summed E-state index contributed by atoms with van der Waals surface area (Å²) in [5, 5.41) is 0. The molecule has 0 bridgehead atoms. The molecule has 1 aromatic rings. The summed E-state index contributed by atoms with van der Waals surface area (Å²) in [5.74, 6) is -0.253. The van der Waals surface area contributed by atoms with Crippen LogP contribution in [-0.4, -0.2) is 22.0 Å². The van der Waals surface area contributed by atoms with Gasteiger partial charge in [-0.25, -0.2) is 14.8 Å². The fourth-order valence-corrected chi connectivity index (χ4v) is 1.20. The molecule has 5 heteroatoms. The minimum atomic E-state index is -0.423. The second-order valence-corrected chi connectivity index (χ2v) is 3.28. The van der Waals surface area contributed by atoms with Gasteiger partial charge < -0.3 is 10.5 Å². The minimum Gasteiger partial charge on any atom is -0.459 e. The van der Waals surface area contributed by atoms with Gasteiger partial charge in [0.15, 0.2) is 0 Å². The summed E-state index contributed by atoms with van der Waals surface area (Å²) in [5.41, 5.74) is 5.75. The van der Waals surface area contributed by atoms with E-state index in [1.165, 1.54) is 12.5 Å². The van der Waals surface area contributed by atoms with Crippen LogP contribution >= 0.6 is 0 Å². The largest absolute Gasteiger partial charge is 0.459 e. The van der Waals surface area contributed by atoms with Gasteiger partial charge in [-0.3, -0.25) is 0 Å². The Morgan fingerprint density at radius 1 is 1.57 bits per heavy atom. The first-order valence-electron chi connectivity index (χ1n) is 4.54. The molecule has 0 unspecified atom stereocenters. The Morgan fingerprint density at radius 2 is 2.36 bits per heavy atom. The Labute approximate surface area is 81.3 Å². The maximum absolute atomic E-state index is 11.5. The normalized spacial score (nSPS) is 16.0. The average Bonchev–Trinajstić information content (AvgIpc) is 2.12. The van der Waals surface area contributed by atoms with E-state index in [-0.39, 0.29) is 17.5 Å². The first-order valence-corrected chi connectivity index (χ1v) is 4.54. The van der Waals surface area contributed by atoms with E-state index in [9.17, 15) is 4.79 Å². The fraction of sp³-hybridized carbons (Fsp3) is 0.444.